The van der Waals surface area contributed by atoms with E-state index in [4.69, 9.17) is 9.15 Å². The molecule has 120 valence electrons. The topological polar surface area (TPSA) is 69.0 Å². The molecule has 6 nitrogen and oxygen atoms in total. The highest BCUT2D eigenvalue weighted by Crippen LogP contribution is 2.26. The molecule has 0 spiro atoms. The van der Waals surface area contributed by atoms with Crippen LogP contribution in [0.1, 0.15) is 29.2 Å². The van der Waals surface area contributed by atoms with Crippen LogP contribution in [0.25, 0.3) is 0 Å². The molecule has 3 rings (SSSR count). The van der Waals surface area contributed by atoms with Crippen LogP contribution >= 0.6 is 0 Å². The molecule has 2 aromatic rings. The third-order valence-corrected chi connectivity index (χ3v) is 3.63. The smallest absolute Gasteiger partial charge is 0.373 e. The van der Waals surface area contributed by atoms with E-state index in [1.165, 1.54) is 7.11 Å². The second kappa shape index (κ2) is 6.56. The normalized spacial score (nSPS) is 14.1. The van der Waals surface area contributed by atoms with E-state index in [1.54, 1.807) is 17.0 Å². The highest BCUT2D eigenvalue weighted by molar-refractivity contribution is 5.95. The van der Waals surface area contributed by atoms with E-state index in [1.807, 2.05) is 24.3 Å². The Morgan fingerprint density at radius 2 is 2.17 bits per heavy atom. The maximum atomic E-state index is 11.8. The van der Waals surface area contributed by atoms with Crippen molar-refractivity contribution >= 4 is 17.6 Å². The molecule has 0 bridgehead atoms. The average molecular weight is 315 g/mol. The van der Waals surface area contributed by atoms with Gasteiger partial charge in [-0.15, -0.1) is 0 Å². The largest absolute Gasteiger partial charge is 0.486 e. The Kier molecular flexibility index (Phi) is 4.32. The Morgan fingerprint density at radius 1 is 1.30 bits per heavy atom. The Hall–Kier alpha value is -2.76. The number of amides is 1. The van der Waals surface area contributed by atoms with Crippen LogP contribution < -0.4 is 9.64 Å². The number of nitrogens with zero attached hydrogens (tertiary/aromatic N) is 1. The molecule has 0 radical (unpaired) electrons. The van der Waals surface area contributed by atoms with Crippen LogP contribution in [0.3, 0.4) is 0 Å². The molecule has 0 saturated carbocycles. The van der Waals surface area contributed by atoms with Gasteiger partial charge >= 0.3 is 5.97 Å². The van der Waals surface area contributed by atoms with Crippen LogP contribution in [-0.2, 0) is 16.1 Å². The zero-order valence-electron chi connectivity index (χ0n) is 12.8. The van der Waals surface area contributed by atoms with Gasteiger partial charge in [-0.05, 0) is 30.7 Å². The van der Waals surface area contributed by atoms with Crippen molar-refractivity contribution in [3.05, 3.63) is 47.9 Å². The predicted octanol–water partition coefficient (Wildman–Crippen LogP) is 2.77. The molecule has 1 aliphatic rings. The van der Waals surface area contributed by atoms with Gasteiger partial charge in [0.1, 0.15) is 18.1 Å². The Balaban J connectivity index is 1.65. The molecule has 2 heterocycles. The lowest BCUT2D eigenvalue weighted by Gasteiger charge is -2.16. The number of carbonyl (C=O) groups excluding carboxylic acids is 2. The van der Waals surface area contributed by atoms with E-state index < -0.39 is 5.97 Å². The zero-order valence-corrected chi connectivity index (χ0v) is 12.8. The van der Waals surface area contributed by atoms with Crippen LogP contribution in [0.15, 0.2) is 40.8 Å². The summed E-state index contributed by atoms with van der Waals surface area (Å²) in [6, 6.07) is 10.6. The molecule has 0 unspecified atom stereocenters. The van der Waals surface area contributed by atoms with Gasteiger partial charge in [0.2, 0.25) is 11.7 Å². The first-order chi connectivity index (χ1) is 11.2. The summed E-state index contributed by atoms with van der Waals surface area (Å²) in [4.78, 5) is 24.9. The van der Waals surface area contributed by atoms with E-state index in [0.29, 0.717) is 17.9 Å². The number of anilines is 1. The summed E-state index contributed by atoms with van der Waals surface area (Å²) in [5, 5.41) is 0. The minimum absolute atomic E-state index is 0.135. The van der Waals surface area contributed by atoms with E-state index >= 15 is 0 Å². The number of esters is 1. The van der Waals surface area contributed by atoms with Crippen LogP contribution in [0.2, 0.25) is 0 Å². The Labute approximate surface area is 133 Å². The first kappa shape index (κ1) is 15.1. The van der Waals surface area contributed by atoms with Crippen molar-refractivity contribution in [1.29, 1.82) is 0 Å². The van der Waals surface area contributed by atoms with Crippen LogP contribution in [-0.4, -0.2) is 25.5 Å². The second-order valence-corrected chi connectivity index (χ2v) is 5.19. The number of methoxy groups -OCH3 is 1. The lowest BCUT2D eigenvalue weighted by molar-refractivity contribution is -0.117. The van der Waals surface area contributed by atoms with Crippen molar-refractivity contribution in [2.24, 2.45) is 0 Å². The molecule has 1 aromatic heterocycles. The van der Waals surface area contributed by atoms with Crippen molar-refractivity contribution in [3.8, 4) is 5.75 Å². The molecule has 23 heavy (non-hydrogen) atoms. The summed E-state index contributed by atoms with van der Waals surface area (Å²) in [5.41, 5.74) is 0.833. The van der Waals surface area contributed by atoms with Gasteiger partial charge in [0.15, 0.2) is 0 Å². The number of rotatable bonds is 5. The third kappa shape index (κ3) is 3.36. The van der Waals surface area contributed by atoms with Crippen LogP contribution in [0.5, 0.6) is 5.75 Å². The fraction of sp³-hybridized carbons (Fsp3) is 0.294. The maximum absolute atomic E-state index is 11.8. The number of hydrogen-bond donors (Lipinski definition) is 0. The second-order valence-electron chi connectivity index (χ2n) is 5.19. The third-order valence-electron chi connectivity index (χ3n) is 3.63. The molecule has 1 fully saturated rings. The van der Waals surface area contributed by atoms with Crippen LogP contribution in [0.4, 0.5) is 5.69 Å². The van der Waals surface area contributed by atoms with Gasteiger partial charge in [0.05, 0.1) is 7.11 Å². The Bertz CT molecular complexity index is 721. The lowest BCUT2D eigenvalue weighted by Crippen LogP contribution is -2.23. The number of furan rings is 1. The number of hydrogen-bond acceptors (Lipinski definition) is 5. The Morgan fingerprint density at radius 3 is 2.91 bits per heavy atom. The van der Waals surface area contributed by atoms with Crippen LogP contribution in [0, 0.1) is 0 Å². The van der Waals surface area contributed by atoms with Gasteiger partial charge < -0.3 is 18.8 Å². The van der Waals surface area contributed by atoms with E-state index in [0.717, 1.165) is 18.7 Å². The quantitative estimate of drug-likeness (QED) is 0.794. The molecule has 0 aliphatic carbocycles. The molecule has 1 amide bonds. The molecular weight excluding hydrogens is 298 g/mol. The van der Waals surface area contributed by atoms with Crippen molar-refractivity contribution in [2.45, 2.75) is 19.4 Å². The molecule has 1 aliphatic heterocycles. The summed E-state index contributed by atoms with van der Waals surface area (Å²) in [7, 11) is 1.30. The SMILES string of the molecule is COC(=O)c1ccc(COc2cccc(N3CCCC3=O)c2)o1. The van der Waals surface area contributed by atoms with E-state index in [-0.39, 0.29) is 18.3 Å². The average Bonchev–Trinajstić information content (AvgIpc) is 3.21. The predicted molar refractivity (Wildman–Crippen MR) is 82.4 cm³/mol. The van der Waals surface area contributed by atoms with E-state index in [9.17, 15) is 9.59 Å². The number of benzene rings is 1. The minimum Gasteiger partial charge on any atom is -0.486 e. The standard InChI is InChI=1S/C17H17NO5/c1-21-17(20)15-8-7-14(23-15)11-22-13-5-2-4-12(10-13)18-9-3-6-16(18)19/h2,4-5,7-8,10H,3,6,9,11H2,1H3. The molecule has 0 atom stereocenters. The molecule has 1 aromatic carbocycles. The highest BCUT2D eigenvalue weighted by atomic mass is 16.5. The lowest BCUT2D eigenvalue weighted by atomic mass is 10.3. The fourth-order valence-electron chi connectivity index (χ4n) is 2.48. The van der Waals surface area contributed by atoms with Crippen molar-refractivity contribution in [2.75, 3.05) is 18.6 Å². The van der Waals surface area contributed by atoms with Gasteiger partial charge in [-0.3, -0.25) is 4.79 Å². The van der Waals surface area contributed by atoms with Gasteiger partial charge in [-0.1, -0.05) is 6.07 Å². The summed E-state index contributed by atoms with van der Waals surface area (Å²) >= 11 is 0. The summed E-state index contributed by atoms with van der Waals surface area (Å²) in [5.74, 6) is 0.912. The van der Waals surface area contributed by atoms with Gasteiger partial charge in [0.25, 0.3) is 0 Å². The maximum Gasteiger partial charge on any atom is 0.373 e. The zero-order chi connectivity index (χ0) is 16.2. The molecule has 1 saturated heterocycles. The minimum atomic E-state index is -0.522. The molecular formula is C17H17NO5. The fourth-order valence-corrected chi connectivity index (χ4v) is 2.48. The van der Waals surface area contributed by atoms with E-state index in [2.05, 4.69) is 4.74 Å². The van der Waals surface area contributed by atoms with Gasteiger partial charge in [-0.2, -0.15) is 0 Å². The highest BCUT2D eigenvalue weighted by Gasteiger charge is 2.21. The van der Waals surface area contributed by atoms with Gasteiger partial charge in [-0.25, -0.2) is 4.79 Å². The van der Waals surface area contributed by atoms with Crippen molar-refractivity contribution in [1.82, 2.24) is 0 Å². The monoisotopic (exact) mass is 315 g/mol. The van der Waals surface area contributed by atoms with Gasteiger partial charge in [0, 0.05) is 24.7 Å². The number of carbonyl (C=O) groups is 2. The molecule has 6 heteroatoms. The molecule has 0 N–H and O–H groups in total. The first-order valence-electron chi connectivity index (χ1n) is 7.37. The summed E-state index contributed by atoms with van der Waals surface area (Å²) in [6.07, 6.45) is 1.47. The van der Waals surface area contributed by atoms with Crippen molar-refractivity contribution < 1.29 is 23.5 Å². The summed E-state index contributed by atoms with van der Waals surface area (Å²) in [6.45, 7) is 0.928. The summed E-state index contributed by atoms with van der Waals surface area (Å²) < 4.78 is 15.6. The van der Waals surface area contributed by atoms with Crippen molar-refractivity contribution in [3.63, 3.8) is 0 Å². The first-order valence-corrected chi connectivity index (χ1v) is 7.37. The number of ether oxygens (including phenoxy) is 2.